The van der Waals surface area contributed by atoms with Gasteiger partial charge in [0.2, 0.25) is 0 Å². The molecule has 2 nitrogen and oxygen atoms in total. The predicted octanol–water partition coefficient (Wildman–Crippen LogP) is 5.69. The van der Waals surface area contributed by atoms with Gasteiger partial charge >= 0.3 is 0 Å². The molecule has 1 aliphatic carbocycles. The molecule has 0 amide bonds. The minimum absolute atomic E-state index is 0.915. The molecule has 0 fully saturated rings. The standard InChI is InChI=1S/C19H28O2/c1-2-3-4-7-14-20-15-8-5-6-10-17-12-13-18-11-9-16-21-19(17)18/h9,11-13,16H,2-8,10,14-15H2,1H3. The van der Waals surface area contributed by atoms with Gasteiger partial charge in [0.05, 0.1) is 6.26 Å². The molecule has 116 valence electrons. The highest BCUT2D eigenvalue weighted by Gasteiger charge is 2.10. The summed E-state index contributed by atoms with van der Waals surface area (Å²) >= 11 is 0. The topological polar surface area (TPSA) is 22.4 Å². The van der Waals surface area contributed by atoms with E-state index in [1.54, 1.807) is 6.26 Å². The normalized spacial score (nSPS) is 11.3. The molecule has 0 aromatic heterocycles. The fourth-order valence-corrected chi connectivity index (χ4v) is 2.68. The van der Waals surface area contributed by atoms with Crippen LogP contribution >= 0.6 is 0 Å². The molecule has 0 aromatic rings. The predicted molar refractivity (Wildman–Crippen MR) is 87.8 cm³/mol. The first-order chi connectivity index (χ1) is 10.4. The molecule has 1 aliphatic heterocycles. The summed E-state index contributed by atoms with van der Waals surface area (Å²) in [6.07, 6.45) is 11.6. The Balaban J connectivity index is 1.51. The molecule has 0 aromatic carbocycles. The zero-order chi connectivity index (χ0) is 14.8. The maximum atomic E-state index is 5.67. The summed E-state index contributed by atoms with van der Waals surface area (Å²) in [5.41, 5.74) is 2.55. The highest BCUT2D eigenvalue weighted by molar-refractivity contribution is 5.64. The van der Waals surface area contributed by atoms with Crippen molar-refractivity contribution in [2.45, 2.75) is 58.3 Å². The Kier molecular flexibility index (Phi) is 7.37. The fraction of sp³-hybridized carbons (Fsp3) is 0.579. The molecule has 0 saturated carbocycles. The largest absolute Gasteiger partial charge is 0.464 e. The quantitative estimate of drug-likeness (QED) is 0.495. The Hall–Kier alpha value is -1.28. The van der Waals surface area contributed by atoms with Gasteiger partial charge in [0.1, 0.15) is 5.76 Å². The van der Waals surface area contributed by atoms with Crippen LogP contribution in [0.2, 0.25) is 0 Å². The number of rotatable bonds is 11. The molecule has 2 rings (SSSR count). The lowest BCUT2D eigenvalue weighted by Gasteiger charge is -2.05. The van der Waals surface area contributed by atoms with Gasteiger partial charge in [0, 0.05) is 18.8 Å². The highest BCUT2D eigenvalue weighted by atomic mass is 16.5. The van der Waals surface area contributed by atoms with E-state index >= 15 is 0 Å². The van der Waals surface area contributed by atoms with E-state index in [0.717, 1.165) is 25.4 Å². The summed E-state index contributed by atoms with van der Waals surface area (Å²) in [5.74, 6) is 1.06. The first-order valence-electron chi connectivity index (χ1n) is 8.44. The second kappa shape index (κ2) is 9.62. The van der Waals surface area contributed by atoms with Crippen LogP contribution in [0.4, 0.5) is 0 Å². The SMILES string of the molecule is CCCCCCOCCCCCc1ccc2cccoc1-2. The molecule has 1 heterocycles. The smallest absolute Gasteiger partial charge is 0.136 e. The minimum Gasteiger partial charge on any atom is -0.464 e. The molecule has 0 spiro atoms. The summed E-state index contributed by atoms with van der Waals surface area (Å²) in [6, 6.07) is 8.39. The molecule has 21 heavy (non-hydrogen) atoms. The van der Waals surface area contributed by atoms with Gasteiger partial charge < -0.3 is 9.15 Å². The molecule has 0 radical (unpaired) electrons. The fourth-order valence-electron chi connectivity index (χ4n) is 2.68. The van der Waals surface area contributed by atoms with Crippen LogP contribution in [0.5, 0.6) is 0 Å². The zero-order valence-corrected chi connectivity index (χ0v) is 13.3. The van der Waals surface area contributed by atoms with E-state index < -0.39 is 0 Å². The average molecular weight is 288 g/mol. The van der Waals surface area contributed by atoms with Crippen LogP contribution < -0.4 is 0 Å². The van der Waals surface area contributed by atoms with E-state index in [9.17, 15) is 0 Å². The van der Waals surface area contributed by atoms with E-state index in [4.69, 9.17) is 9.15 Å². The molecule has 0 bridgehead atoms. The van der Waals surface area contributed by atoms with Gasteiger partial charge in [0.25, 0.3) is 0 Å². The zero-order valence-electron chi connectivity index (χ0n) is 13.3. The minimum atomic E-state index is 0.915. The van der Waals surface area contributed by atoms with Gasteiger partial charge in [-0.3, -0.25) is 0 Å². The maximum absolute atomic E-state index is 5.67. The summed E-state index contributed by atoms with van der Waals surface area (Å²) in [6.45, 7) is 4.09. The number of aryl methyl sites for hydroxylation is 1. The average Bonchev–Trinajstić information content (AvgIpc) is 2.92. The molecule has 0 N–H and O–H groups in total. The van der Waals surface area contributed by atoms with Gasteiger partial charge in [-0.25, -0.2) is 0 Å². The van der Waals surface area contributed by atoms with Crippen molar-refractivity contribution in [2.24, 2.45) is 0 Å². The molecule has 2 aliphatic rings. The van der Waals surface area contributed by atoms with Gasteiger partial charge in [-0.05, 0) is 43.4 Å². The van der Waals surface area contributed by atoms with Crippen LogP contribution in [-0.2, 0) is 11.2 Å². The van der Waals surface area contributed by atoms with Crippen molar-refractivity contribution >= 4 is 0 Å². The van der Waals surface area contributed by atoms with Crippen molar-refractivity contribution in [2.75, 3.05) is 13.2 Å². The van der Waals surface area contributed by atoms with E-state index in [-0.39, 0.29) is 0 Å². The lowest BCUT2D eigenvalue weighted by atomic mass is 10.1. The Morgan fingerprint density at radius 2 is 1.71 bits per heavy atom. The Bertz CT molecular complexity index is 461. The van der Waals surface area contributed by atoms with Crippen LogP contribution in [-0.4, -0.2) is 13.2 Å². The highest BCUT2D eigenvalue weighted by Crippen LogP contribution is 2.28. The monoisotopic (exact) mass is 288 g/mol. The molecular formula is C19H28O2. The second-order valence-electron chi connectivity index (χ2n) is 5.74. The van der Waals surface area contributed by atoms with E-state index in [0.29, 0.717) is 0 Å². The molecule has 2 heteroatoms. The summed E-state index contributed by atoms with van der Waals surface area (Å²) < 4.78 is 11.3. The number of hydrogen-bond acceptors (Lipinski definition) is 2. The molecule has 0 saturated heterocycles. The van der Waals surface area contributed by atoms with E-state index in [1.807, 2.05) is 6.07 Å². The maximum Gasteiger partial charge on any atom is 0.136 e. The third-order valence-corrected chi connectivity index (χ3v) is 3.94. The number of hydrogen-bond donors (Lipinski definition) is 0. The van der Waals surface area contributed by atoms with E-state index in [1.165, 1.54) is 56.1 Å². The van der Waals surface area contributed by atoms with Crippen molar-refractivity contribution < 1.29 is 9.15 Å². The third-order valence-electron chi connectivity index (χ3n) is 3.94. The van der Waals surface area contributed by atoms with Crippen molar-refractivity contribution in [1.29, 1.82) is 0 Å². The molecular weight excluding hydrogens is 260 g/mol. The van der Waals surface area contributed by atoms with Crippen molar-refractivity contribution in [3.63, 3.8) is 0 Å². The van der Waals surface area contributed by atoms with Gasteiger partial charge in [-0.2, -0.15) is 0 Å². The lowest BCUT2D eigenvalue weighted by Crippen LogP contribution is -1.97. The van der Waals surface area contributed by atoms with Crippen molar-refractivity contribution in [3.05, 3.63) is 36.1 Å². The Labute approximate surface area is 128 Å². The van der Waals surface area contributed by atoms with Gasteiger partial charge in [-0.1, -0.05) is 44.7 Å². The number of ether oxygens (including phenoxy) is 1. The lowest BCUT2D eigenvalue weighted by molar-refractivity contribution is 0.126. The third kappa shape index (κ3) is 5.55. The summed E-state index contributed by atoms with van der Waals surface area (Å²) in [7, 11) is 0. The van der Waals surface area contributed by atoms with Crippen molar-refractivity contribution in [3.8, 4) is 11.3 Å². The van der Waals surface area contributed by atoms with Crippen LogP contribution in [0.1, 0.15) is 57.4 Å². The number of unbranched alkanes of at least 4 members (excludes halogenated alkanes) is 5. The van der Waals surface area contributed by atoms with Crippen LogP contribution in [0.3, 0.4) is 0 Å². The van der Waals surface area contributed by atoms with Crippen LogP contribution in [0.25, 0.3) is 11.3 Å². The summed E-state index contributed by atoms with van der Waals surface area (Å²) in [5, 5.41) is 0. The van der Waals surface area contributed by atoms with Crippen molar-refractivity contribution in [1.82, 2.24) is 0 Å². The van der Waals surface area contributed by atoms with E-state index in [2.05, 4.69) is 25.1 Å². The van der Waals surface area contributed by atoms with Gasteiger partial charge in [-0.15, -0.1) is 0 Å². The van der Waals surface area contributed by atoms with Gasteiger partial charge in [0.15, 0.2) is 0 Å². The first kappa shape index (κ1) is 16.1. The molecule has 0 atom stereocenters. The summed E-state index contributed by atoms with van der Waals surface area (Å²) in [4.78, 5) is 0. The number of fused-ring (bicyclic) bond motifs is 1. The first-order valence-corrected chi connectivity index (χ1v) is 8.44. The second-order valence-corrected chi connectivity index (χ2v) is 5.74. The Morgan fingerprint density at radius 3 is 2.52 bits per heavy atom. The molecule has 0 unspecified atom stereocenters. The Morgan fingerprint density at radius 1 is 0.905 bits per heavy atom. The van der Waals surface area contributed by atoms with Crippen LogP contribution in [0.15, 0.2) is 34.9 Å². The van der Waals surface area contributed by atoms with Crippen LogP contribution in [0, 0.1) is 0 Å².